The largest absolute Gasteiger partial charge is 0.391 e. The highest BCUT2D eigenvalue weighted by molar-refractivity contribution is 5.87. The van der Waals surface area contributed by atoms with Crippen molar-refractivity contribution >= 4 is 22.8 Å². The summed E-state index contributed by atoms with van der Waals surface area (Å²) >= 11 is 0. The first-order chi connectivity index (χ1) is 13.2. The number of aromatic nitrogens is 3. The van der Waals surface area contributed by atoms with Gasteiger partial charge in [0.25, 0.3) is 0 Å². The standard InChI is InChI=1S/C20H27N5O2/c26-16(13-2-1-3-13)10-22-19(27)15-5-9-25(11-20(15)6-7-20)18-14-4-8-21-17(14)23-12-24-18/h4,8,12-13,15-16,26H,1-3,5-7,9-11H2,(H,22,27)(H,21,23,24)/t15-,16?/m1/s1. The summed E-state index contributed by atoms with van der Waals surface area (Å²) in [5, 5.41) is 14.3. The third-order valence-electron chi connectivity index (χ3n) is 6.95. The van der Waals surface area contributed by atoms with Gasteiger partial charge in [0.2, 0.25) is 5.91 Å². The Hall–Kier alpha value is -2.15. The molecule has 27 heavy (non-hydrogen) atoms. The highest BCUT2D eigenvalue weighted by Gasteiger charge is 2.55. The van der Waals surface area contributed by atoms with Crippen molar-refractivity contribution in [2.24, 2.45) is 17.3 Å². The van der Waals surface area contributed by atoms with E-state index in [4.69, 9.17) is 0 Å². The van der Waals surface area contributed by atoms with E-state index in [0.29, 0.717) is 12.5 Å². The number of H-pyrrole nitrogens is 1. The number of nitrogens with one attached hydrogen (secondary N) is 2. The number of hydrogen-bond donors (Lipinski definition) is 3. The second kappa shape index (κ2) is 6.48. The Morgan fingerprint density at radius 3 is 2.96 bits per heavy atom. The fraction of sp³-hybridized carbons (Fsp3) is 0.650. The van der Waals surface area contributed by atoms with Gasteiger partial charge in [-0.1, -0.05) is 6.42 Å². The number of rotatable bonds is 5. The number of hydrogen-bond acceptors (Lipinski definition) is 5. The Kier molecular flexibility index (Phi) is 4.07. The molecule has 2 aromatic rings. The molecule has 7 heteroatoms. The number of piperidine rings is 1. The maximum absolute atomic E-state index is 12.8. The van der Waals surface area contributed by atoms with E-state index in [2.05, 4.69) is 25.2 Å². The van der Waals surface area contributed by atoms with Gasteiger partial charge in [0.1, 0.15) is 17.8 Å². The second-order valence-corrected chi connectivity index (χ2v) is 8.57. The van der Waals surface area contributed by atoms with Crippen molar-refractivity contribution in [2.45, 2.75) is 44.6 Å². The molecule has 0 radical (unpaired) electrons. The molecule has 2 saturated carbocycles. The molecule has 2 aromatic heterocycles. The van der Waals surface area contributed by atoms with E-state index < -0.39 is 0 Å². The third kappa shape index (κ3) is 2.98. The summed E-state index contributed by atoms with van der Waals surface area (Å²) in [6.07, 6.45) is 9.51. The van der Waals surface area contributed by atoms with Gasteiger partial charge in [0, 0.05) is 31.7 Å². The smallest absolute Gasteiger partial charge is 0.223 e. The number of aliphatic hydroxyl groups excluding tert-OH is 1. The highest BCUT2D eigenvalue weighted by Crippen LogP contribution is 2.56. The van der Waals surface area contributed by atoms with Crippen LogP contribution in [0.3, 0.4) is 0 Å². The lowest BCUT2D eigenvalue weighted by Gasteiger charge is -2.39. The van der Waals surface area contributed by atoms with Crippen LogP contribution < -0.4 is 10.2 Å². The fourth-order valence-electron chi connectivity index (χ4n) is 4.85. The van der Waals surface area contributed by atoms with Gasteiger partial charge in [-0.05, 0) is 49.5 Å². The predicted molar refractivity (Wildman–Crippen MR) is 102 cm³/mol. The molecule has 7 nitrogen and oxygen atoms in total. The van der Waals surface area contributed by atoms with E-state index >= 15 is 0 Å². The Morgan fingerprint density at radius 2 is 2.22 bits per heavy atom. The predicted octanol–water partition coefficient (Wildman–Crippen LogP) is 1.84. The molecule has 1 aliphatic heterocycles. The summed E-state index contributed by atoms with van der Waals surface area (Å²) in [6.45, 7) is 2.09. The van der Waals surface area contributed by atoms with E-state index in [1.165, 1.54) is 6.42 Å². The Bertz CT molecular complexity index is 842. The van der Waals surface area contributed by atoms with Crippen LogP contribution >= 0.6 is 0 Å². The third-order valence-corrected chi connectivity index (χ3v) is 6.95. The molecule has 144 valence electrons. The lowest BCUT2D eigenvalue weighted by Crippen LogP contribution is -2.49. The van der Waals surface area contributed by atoms with Gasteiger partial charge in [-0.3, -0.25) is 4.79 Å². The number of anilines is 1. The topological polar surface area (TPSA) is 94.1 Å². The lowest BCUT2D eigenvalue weighted by molar-refractivity contribution is -0.128. The Balaban J connectivity index is 1.26. The van der Waals surface area contributed by atoms with E-state index in [0.717, 1.165) is 62.0 Å². The van der Waals surface area contributed by atoms with Crippen molar-refractivity contribution in [3.8, 4) is 0 Å². The van der Waals surface area contributed by atoms with Crippen LogP contribution in [0.2, 0.25) is 0 Å². The van der Waals surface area contributed by atoms with Gasteiger partial charge in [-0.15, -0.1) is 0 Å². The summed E-state index contributed by atoms with van der Waals surface area (Å²) in [6, 6.07) is 2.02. The van der Waals surface area contributed by atoms with Crippen molar-refractivity contribution in [1.82, 2.24) is 20.3 Å². The first kappa shape index (κ1) is 17.0. The van der Waals surface area contributed by atoms with Crippen LogP contribution in [-0.4, -0.2) is 51.7 Å². The number of carbonyl (C=O) groups excluding carboxylic acids is 1. The highest BCUT2D eigenvalue weighted by atomic mass is 16.3. The molecule has 0 aromatic carbocycles. The minimum absolute atomic E-state index is 0.0471. The summed E-state index contributed by atoms with van der Waals surface area (Å²) in [5.74, 6) is 1.52. The van der Waals surface area contributed by atoms with Crippen LogP contribution in [-0.2, 0) is 4.79 Å². The lowest BCUT2D eigenvalue weighted by atomic mass is 9.80. The Morgan fingerprint density at radius 1 is 1.37 bits per heavy atom. The zero-order valence-corrected chi connectivity index (χ0v) is 15.5. The average Bonchev–Trinajstić information content (AvgIpc) is 3.20. The van der Waals surface area contributed by atoms with E-state index in [9.17, 15) is 9.90 Å². The first-order valence-corrected chi connectivity index (χ1v) is 10.2. The molecule has 2 aliphatic carbocycles. The monoisotopic (exact) mass is 369 g/mol. The van der Waals surface area contributed by atoms with E-state index in [-0.39, 0.29) is 23.3 Å². The Labute approximate surface area is 158 Å². The normalized spacial score (nSPS) is 25.4. The van der Waals surface area contributed by atoms with Crippen LogP contribution in [0, 0.1) is 17.3 Å². The number of nitrogens with zero attached hydrogens (tertiary/aromatic N) is 3. The molecule has 0 bridgehead atoms. The average molecular weight is 369 g/mol. The fourth-order valence-corrected chi connectivity index (χ4v) is 4.85. The molecule has 1 amide bonds. The molecule has 5 rings (SSSR count). The van der Waals surface area contributed by atoms with Gasteiger partial charge < -0.3 is 20.3 Å². The quantitative estimate of drug-likeness (QED) is 0.748. The molecule has 1 unspecified atom stereocenters. The van der Waals surface area contributed by atoms with Gasteiger partial charge >= 0.3 is 0 Å². The van der Waals surface area contributed by atoms with Crippen LogP contribution in [0.5, 0.6) is 0 Å². The molecule has 2 atom stereocenters. The molecule has 3 fully saturated rings. The van der Waals surface area contributed by atoms with Gasteiger partial charge in [0.15, 0.2) is 0 Å². The van der Waals surface area contributed by atoms with Gasteiger partial charge in [0.05, 0.1) is 11.5 Å². The number of fused-ring (bicyclic) bond motifs is 1. The zero-order valence-electron chi connectivity index (χ0n) is 15.5. The minimum Gasteiger partial charge on any atom is -0.391 e. The van der Waals surface area contributed by atoms with Gasteiger partial charge in [-0.25, -0.2) is 9.97 Å². The van der Waals surface area contributed by atoms with Crippen molar-refractivity contribution in [3.63, 3.8) is 0 Å². The SMILES string of the molecule is O=C(NCC(O)C1CCC1)[C@H]1CCN(c2ncnc3[nH]ccc23)CC12CC2. The van der Waals surface area contributed by atoms with Crippen LogP contribution in [0.15, 0.2) is 18.6 Å². The van der Waals surface area contributed by atoms with Crippen molar-refractivity contribution < 1.29 is 9.90 Å². The zero-order chi connectivity index (χ0) is 18.4. The summed E-state index contributed by atoms with van der Waals surface area (Å²) < 4.78 is 0. The van der Waals surface area contributed by atoms with Crippen LogP contribution in [0.25, 0.3) is 11.0 Å². The molecule has 1 spiro atoms. The summed E-state index contributed by atoms with van der Waals surface area (Å²) in [5.41, 5.74) is 0.923. The molecule has 3 N–H and O–H groups in total. The van der Waals surface area contributed by atoms with E-state index in [1.807, 2.05) is 12.3 Å². The maximum Gasteiger partial charge on any atom is 0.223 e. The van der Waals surface area contributed by atoms with Crippen molar-refractivity contribution in [3.05, 3.63) is 18.6 Å². The first-order valence-electron chi connectivity index (χ1n) is 10.2. The second-order valence-electron chi connectivity index (χ2n) is 8.57. The number of amides is 1. The van der Waals surface area contributed by atoms with E-state index in [1.54, 1.807) is 6.33 Å². The van der Waals surface area contributed by atoms with Crippen LogP contribution in [0.1, 0.15) is 38.5 Å². The maximum atomic E-state index is 12.8. The molecule has 3 heterocycles. The summed E-state index contributed by atoms with van der Waals surface area (Å²) in [7, 11) is 0. The molecular weight excluding hydrogens is 342 g/mol. The van der Waals surface area contributed by atoms with Gasteiger partial charge in [-0.2, -0.15) is 0 Å². The number of carbonyl (C=O) groups is 1. The molecule has 3 aliphatic rings. The summed E-state index contributed by atoms with van der Waals surface area (Å²) in [4.78, 5) is 27.1. The number of aliphatic hydroxyl groups is 1. The van der Waals surface area contributed by atoms with Crippen LogP contribution in [0.4, 0.5) is 5.82 Å². The number of aromatic amines is 1. The molecule has 1 saturated heterocycles. The minimum atomic E-state index is -0.388. The van der Waals surface area contributed by atoms with Crippen molar-refractivity contribution in [1.29, 1.82) is 0 Å². The van der Waals surface area contributed by atoms with Crippen molar-refractivity contribution in [2.75, 3.05) is 24.5 Å². The molecular formula is C20H27N5O2.